The Kier molecular flexibility index (Phi) is 4.25. The minimum Gasteiger partial charge on any atom is -0.207 e. The molecule has 0 amide bonds. The van der Waals surface area contributed by atoms with E-state index in [2.05, 4.69) is 6.07 Å². The Morgan fingerprint density at radius 1 is 1.00 bits per heavy atom. The number of hydrogen-bond donors (Lipinski definition) is 0. The Morgan fingerprint density at radius 2 is 1.68 bits per heavy atom. The van der Waals surface area contributed by atoms with Gasteiger partial charge in [0.15, 0.2) is 0 Å². The van der Waals surface area contributed by atoms with E-state index in [1.165, 1.54) is 12.1 Å². The van der Waals surface area contributed by atoms with Crippen LogP contribution in [0.15, 0.2) is 66.7 Å². The molecule has 19 heavy (non-hydrogen) atoms. The van der Waals surface area contributed by atoms with Crippen molar-refractivity contribution < 1.29 is 4.39 Å². The summed E-state index contributed by atoms with van der Waals surface area (Å²) in [6.45, 7) is 0. The number of benzene rings is 2. The van der Waals surface area contributed by atoms with Gasteiger partial charge < -0.3 is 0 Å². The standard InChI is InChI=1S/C17H12FN/c18-17-11-9-15(10-12-17)16(13-19)8-4-7-14-5-2-1-3-6-14/h1-12H/b7-4-,16-8-. The molecule has 2 aromatic rings. The Bertz CT molecular complexity index is 631. The molecule has 0 aromatic heterocycles. The highest BCUT2D eigenvalue weighted by Gasteiger charge is 1.98. The topological polar surface area (TPSA) is 23.8 Å². The van der Waals surface area contributed by atoms with Crippen molar-refractivity contribution in [2.45, 2.75) is 0 Å². The zero-order chi connectivity index (χ0) is 13.5. The highest BCUT2D eigenvalue weighted by Crippen LogP contribution is 2.14. The number of hydrogen-bond acceptors (Lipinski definition) is 1. The lowest BCUT2D eigenvalue weighted by atomic mass is 10.1. The van der Waals surface area contributed by atoms with Crippen LogP contribution in [0, 0.1) is 17.1 Å². The minimum absolute atomic E-state index is 0.305. The van der Waals surface area contributed by atoms with Crippen LogP contribution in [0.2, 0.25) is 0 Å². The van der Waals surface area contributed by atoms with E-state index >= 15 is 0 Å². The SMILES string of the molecule is N#C/C(=C/C=C\c1ccccc1)c1ccc(F)cc1. The molecule has 0 unspecified atom stereocenters. The lowest BCUT2D eigenvalue weighted by Crippen LogP contribution is -1.81. The van der Waals surface area contributed by atoms with Crippen LogP contribution in [-0.2, 0) is 0 Å². The summed E-state index contributed by atoms with van der Waals surface area (Å²) < 4.78 is 12.8. The van der Waals surface area contributed by atoms with E-state index in [0.717, 1.165) is 5.56 Å². The van der Waals surface area contributed by atoms with Crippen LogP contribution >= 0.6 is 0 Å². The van der Waals surface area contributed by atoms with Gasteiger partial charge in [0, 0.05) is 0 Å². The van der Waals surface area contributed by atoms with Gasteiger partial charge in [-0.25, -0.2) is 4.39 Å². The summed E-state index contributed by atoms with van der Waals surface area (Å²) in [7, 11) is 0. The van der Waals surface area contributed by atoms with E-state index in [9.17, 15) is 4.39 Å². The molecule has 0 N–H and O–H groups in total. The third kappa shape index (κ3) is 3.65. The van der Waals surface area contributed by atoms with E-state index in [1.807, 2.05) is 42.5 Å². The first-order chi connectivity index (χ1) is 9.29. The minimum atomic E-state index is -0.305. The van der Waals surface area contributed by atoms with E-state index in [1.54, 1.807) is 18.2 Å². The molecule has 0 fully saturated rings. The van der Waals surface area contributed by atoms with Crippen molar-refractivity contribution in [3.8, 4) is 6.07 Å². The molecular weight excluding hydrogens is 237 g/mol. The normalized spacial score (nSPS) is 11.5. The van der Waals surface area contributed by atoms with E-state index < -0.39 is 0 Å². The molecule has 2 aromatic carbocycles. The second-order valence-electron chi connectivity index (χ2n) is 3.97. The number of nitriles is 1. The molecule has 0 saturated carbocycles. The van der Waals surface area contributed by atoms with Crippen LogP contribution in [0.25, 0.3) is 11.6 Å². The van der Waals surface area contributed by atoms with Gasteiger partial charge >= 0.3 is 0 Å². The molecule has 92 valence electrons. The Hall–Kier alpha value is -2.66. The summed E-state index contributed by atoms with van der Waals surface area (Å²) >= 11 is 0. The largest absolute Gasteiger partial charge is 0.207 e. The molecule has 0 spiro atoms. The van der Waals surface area contributed by atoms with Crippen molar-refractivity contribution in [3.63, 3.8) is 0 Å². The van der Waals surface area contributed by atoms with Gasteiger partial charge in [0.05, 0.1) is 11.6 Å². The Balaban J connectivity index is 2.19. The second-order valence-corrected chi connectivity index (χ2v) is 3.97. The van der Waals surface area contributed by atoms with Crippen molar-refractivity contribution in [2.75, 3.05) is 0 Å². The van der Waals surface area contributed by atoms with Crippen LogP contribution in [-0.4, -0.2) is 0 Å². The molecule has 0 aliphatic heterocycles. The summed E-state index contributed by atoms with van der Waals surface area (Å²) in [5.74, 6) is -0.305. The fourth-order valence-corrected chi connectivity index (χ4v) is 1.65. The molecule has 0 heterocycles. The third-order valence-electron chi connectivity index (χ3n) is 2.63. The summed E-state index contributed by atoms with van der Waals surface area (Å²) in [5.41, 5.74) is 2.28. The maximum absolute atomic E-state index is 12.8. The molecule has 0 radical (unpaired) electrons. The first kappa shape index (κ1) is 12.8. The van der Waals surface area contributed by atoms with Crippen molar-refractivity contribution >= 4 is 11.6 Å². The van der Waals surface area contributed by atoms with Gasteiger partial charge in [-0.05, 0) is 29.3 Å². The zero-order valence-electron chi connectivity index (χ0n) is 10.3. The van der Waals surface area contributed by atoms with Crippen molar-refractivity contribution in [1.29, 1.82) is 5.26 Å². The van der Waals surface area contributed by atoms with Crippen LogP contribution in [0.1, 0.15) is 11.1 Å². The number of nitrogens with zero attached hydrogens (tertiary/aromatic N) is 1. The molecule has 0 bridgehead atoms. The maximum Gasteiger partial charge on any atom is 0.123 e. The van der Waals surface area contributed by atoms with Gasteiger partial charge in [0.1, 0.15) is 5.82 Å². The van der Waals surface area contributed by atoms with Crippen molar-refractivity contribution in [2.24, 2.45) is 0 Å². The zero-order valence-corrected chi connectivity index (χ0v) is 10.3. The van der Waals surface area contributed by atoms with Crippen molar-refractivity contribution in [3.05, 3.63) is 83.7 Å². The van der Waals surface area contributed by atoms with Crippen LogP contribution < -0.4 is 0 Å². The summed E-state index contributed by atoms with van der Waals surface area (Å²) in [5, 5.41) is 9.10. The predicted octanol–water partition coefficient (Wildman–Crippen LogP) is 4.45. The molecule has 1 nitrogen and oxygen atoms in total. The van der Waals surface area contributed by atoms with Gasteiger partial charge in [-0.1, -0.05) is 54.6 Å². The van der Waals surface area contributed by atoms with Crippen LogP contribution in [0.3, 0.4) is 0 Å². The van der Waals surface area contributed by atoms with Gasteiger partial charge in [-0.15, -0.1) is 0 Å². The summed E-state index contributed by atoms with van der Waals surface area (Å²) in [4.78, 5) is 0. The molecular formula is C17H12FN. The van der Waals surface area contributed by atoms with E-state index in [4.69, 9.17) is 5.26 Å². The molecule has 2 heteroatoms. The summed E-state index contributed by atoms with van der Waals surface area (Å²) in [6, 6.07) is 17.8. The third-order valence-corrected chi connectivity index (χ3v) is 2.63. The lowest BCUT2D eigenvalue weighted by Gasteiger charge is -1.97. The number of allylic oxidation sites excluding steroid dienone is 3. The first-order valence-electron chi connectivity index (χ1n) is 5.89. The highest BCUT2D eigenvalue weighted by atomic mass is 19.1. The highest BCUT2D eigenvalue weighted by molar-refractivity contribution is 5.78. The maximum atomic E-state index is 12.8. The second kappa shape index (κ2) is 6.32. The Morgan fingerprint density at radius 3 is 2.32 bits per heavy atom. The predicted molar refractivity (Wildman–Crippen MR) is 75.5 cm³/mol. The van der Waals surface area contributed by atoms with E-state index in [0.29, 0.717) is 11.1 Å². The number of halogens is 1. The average Bonchev–Trinajstić information content (AvgIpc) is 2.46. The van der Waals surface area contributed by atoms with Gasteiger partial charge in [-0.2, -0.15) is 5.26 Å². The first-order valence-corrected chi connectivity index (χ1v) is 5.89. The van der Waals surface area contributed by atoms with Gasteiger partial charge in [0.2, 0.25) is 0 Å². The summed E-state index contributed by atoms with van der Waals surface area (Å²) in [6.07, 6.45) is 5.46. The Labute approximate surface area is 111 Å². The molecule has 0 atom stereocenters. The fraction of sp³-hybridized carbons (Fsp3) is 0. The molecule has 2 rings (SSSR count). The smallest absolute Gasteiger partial charge is 0.123 e. The molecule has 0 aliphatic rings. The van der Waals surface area contributed by atoms with Crippen LogP contribution in [0.5, 0.6) is 0 Å². The monoisotopic (exact) mass is 249 g/mol. The number of rotatable bonds is 3. The van der Waals surface area contributed by atoms with Crippen LogP contribution in [0.4, 0.5) is 4.39 Å². The van der Waals surface area contributed by atoms with E-state index in [-0.39, 0.29) is 5.82 Å². The molecule has 0 aliphatic carbocycles. The van der Waals surface area contributed by atoms with Crippen molar-refractivity contribution in [1.82, 2.24) is 0 Å². The average molecular weight is 249 g/mol. The molecule has 0 saturated heterocycles. The van der Waals surface area contributed by atoms with Gasteiger partial charge in [-0.3, -0.25) is 0 Å². The lowest BCUT2D eigenvalue weighted by molar-refractivity contribution is 0.627. The quantitative estimate of drug-likeness (QED) is 0.582. The fourth-order valence-electron chi connectivity index (χ4n) is 1.65. The van der Waals surface area contributed by atoms with Gasteiger partial charge in [0.25, 0.3) is 0 Å².